The molecule has 3 rings (SSSR count). The average molecular weight is 370 g/mol. The lowest BCUT2D eigenvalue weighted by Gasteiger charge is -2.07. The topological polar surface area (TPSA) is 91.1 Å². The Morgan fingerprint density at radius 2 is 1.74 bits per heavy atom. The first-order chi connectivity index (χ1) is 13.0. The molecule has 0 unspecified atom stereocenters. The lowest BCUT2D eigenvalue weighted by molar-refractivity contribution is 0.355. The molecule has 0 bridgehead atoms. The number of aryl methyl sites for hydroxylation is 1. The Morgan fingerprint density at radius 3 is 2.37 bits per heavy atom. The number of H-pyrrole nitrogens is 1. The second-order valence-electron chi connectivity index (χ2n) is 5.84. The minimum Gasteiger partial charge on any atom is -0.493 e. The van der Waals surface area contributed by atoms with Gasteiger partial charge in [-0.2, -0.15) is 0 Å². The molecule has 27 heavy (non-hydrogen) atoms. The summed E-state index contributed by atoms with van der Waals surface area (Å²) in [7, 11) is 3.16. The van der Waals surface area contributed by atoms with Crippen molar-refractivity contribution in [3.8, 4) is 11.5 Å². The van der Waals surface area contributed by atoms with Crippen molar-refractivity contribution in [1.82, 2.24) is 19.1 Å². The minimum absolute atomic E-state index is 0.309. The number of imidazole rings is 1. The minimum atomic E-state index is -0.361. The van der Waals surface area contributed by atoms with Gasteiger partial charge in [0, 0.05) is 13.1 Å². The van der Waals surface area contributed by atoms with Gasteiger partial charge in [-0.3, -0.25) is 13.9 Å². The molecule has 0 amide bonds. The smallest absolute Gasteiger partial charge is 0.332 e. The standard InChI is InChI=1S/C19H22N4O4/c1-5-22-17-16(18(24)23(6-2)19(22)25)20-15(21-17)10-8-12-7-9-13(26-3)14(11-12)27-4/h7-11H,5-6H2,1-4H3,(H,20,21)/b10-8-. The summed E-state index contributed by atoms with van der Waals surface area (Å²) in [5.41, 5.74) is 0.862. The quantitative estimate of drug-likeness (QED) is 0.718. The van der Waals surface area contributed by atoms with Gasteiger partial charge < -0.3 is 14.5 Å². The monoisotopic (exact) mass is 370 g/mol. The number of nitrogens with zero attached hydrogens (tertiary/aromatic N) is 3. The van der Waals surface area contributed by atoms with Crippen LogP contribution in [0.25, 0.3) is 23.3 Å². The van der Waals surface area contributed by atoms with Crippen LogP contribution in [0.3, 0.4) is 0 Å². The van der Waals surface area contributed by atoms with Crippen LogP contribution in [-0.2, 0) is 13.1 Å². The molecule has 0 radical (unpaired) electrons. The second-order valence-corrected chi connectivity index (χ2v) is 5.84. The number of rotatable bonds is 6. The fourth-order valence-corrected chi connectivity index (χ4v) is 2.96. The molecule has 2 aromatic heterocycles. The third kappa shape index (κ3) is 3.25. The molecule has 2 heterocycles. The summed E-state index contributed by atoms with van der Waals surface area (Å²) in [4.78, 5) is 32.4. The van der Waals surface area contributed by atoms with Gasteiger partial charge in [-0.1, -0.05) is 12.1 Å². The third-order valence-electron chi connectivity index (χ3n) is 4.35. The van der Waals surface area contributed by atoms with Gasteiger partial charge in [0.2, 0.25) is 0 Å². The Bertz CT molecular complexity index is 1120. The molecule has 0 aliphatic heterocycles. The van der Waals surface area contributed by atoms with Gasteiger partial charge in [0.1, 0.15) is 11.3 Å². The first-order valence-electron chi connectivity index (χ1n) is 8.67. The zero-order valence-electron chi connectivity index (χ0n) is 15.8. The zero-order chi connectivity index (χ0) is 19.6. The highest BCUT2D eigenvalue weighted by atomic mass is 16.5. The summed E-state index contributed by atoms with van der Waals surface area (Å²) in [5.74, 6) is 1.76. The molecule has 142 valence electrons. The highest BCUT2D eigenvalue weighted by molar-refractivity contribution is 5.76. The van der Waals surface area contributed by atoms with Crippen molar-refractivity contribution >= 4 is 23.3 Å². The normalized spacial score (nSPS) is 11.4. The molecule has 8 heteroatoms. The van der Waals surface area contributed by atoms with E-state index in [1.807, 2.05) is 31.2 Å². The van der Waals surface area contributed by atoms with Gasteiger partial charge in [-0.05, 0) is 37.6 Å². The van der Waals surface area contributed by atoms with E-state index in [2.05, 4.69) is 9.97 Å². The van der Waals surface area contributed by atoms with Crippen molar-refractivity contribution in [1.29, 1.82) is 0 Å². The van der Waals surface area contributed by atoms with Crippen LogP contribution >= 0.6 is 0 Å². The van der Waals surface area contributed by atoms with Crippen molar-refractivity contribution in [2.24, 2.45) is 0 Å². The van der Waals surface area contributed by atoms with Gasteiger partial charge in [0.05, 0.1) is 14.2 Å². The van der Waals surface area contributed by atoms with Crippen LogP contribution in [0.1, 0.15) is 25.2 Å². The summed E-state index contributed by atoms with van der Waals surface area (Å²) < 4.78 is 13.2. The Balaban J connectivity index is 2.06. The van der Waals surface area contributed by atoms with Crippen LogP contribution < -0.4 is 20.7 Å². The Kier molecular flexibility index (Phi) is 5.16. The lowest BCUT2D eigenvalue weighted by atomic mass is 10.2. The predicted molar refractivity (Wildman–Crippen MR) is 104 cm³/mol. The Labute approximate surface area is 155 Å². The molecule has 8 nitrogen and oxygen atoms in total. The summed E-state index contributed by atoms with van der Waals surface area (Å²) in [6.07, 6.45) is 3.59. The number of hydrogen-bond acceptors (Lipinski definition) is 5. The Morgan fingerprint density at radius 1 is 1.04 bits per heavy atom. The highest BCUT2D eigenvalue weighted by Gasteiger charge is 2.14. The summed E-state index contributed by atoms with van der Waals surface area (Å²) in [6, 6.07) is 5.53. The molecule has 0 saturated heterocycles. The zero-order valence-corrected chi connectivity index (χ0v) is 15.8. The molecule has 1 aromatic carbocycles. The molecular weight excluding hydrogens is 348 g/mol. The fourth-order valence-electron chi connectivity index (χ4n) is 2.96. The molecule has 0 aliphatic carbocycles. The number of aromatic amines is 1. The van der Waals surface area contributed by atoms with Crippen LogP contribution in [-0.4, -0.2) is 33.3 Å². The maximum atomic E-state index is 12.5. The van der Waals surface area contributed by atoms with Crippen molar-refractivity contribution in [3.05, 3.63) is 50.4 Å². The summed E-state index contributed by atoms with van der Waals surface area (Å²) in [5, 5.41) is 0. The molecular formula is C19H22N4O4. The number of fused-ring (bicyclic) bond motifs is 1. The molecule has 0 saturated carbocycles. The summed E-state index contributed by atoms with van der Waals surface area (Å²) >= 11 is 0. The van der Waals surface area contributed by atoms with Crippen molar-refractivity contribution in [2.75, 3.05) is 14.2 Å². The van der Waals surface area contributed by atoms with Crippen LogP contribution in [0, 0.1) is 0 Å². The van der Waals surface area contributed by atoms with Crippen molar-refractivity contribution in [2.45, 2.75) is 26.9 Å². The van der Waals surface area contributed by atoms with Crippen LogP contribution in [0.2, 0.25) is 0 Å². The molecule has 1 N–H and O–H groups in total. The van der Waals surface area contributed by atoms with Gasteiger partial charge in [0.25, 0.3) is 5.56 Å². The van der Waals surface area contributed by atoms with Gasteiger partial charge in [0.15, 0.2) is 17.1 Å². The predicted octanol–water partition coefficient (Wildman–Crippen LogP) is 2.11. The number of benzene rings is 1. The lowest BCUT2D eigenvalue weighted by Crippen LogP contribution is -2.39. The average Bonchev–Trinajstić information content (AvgIpc) is 3.11. The van der Waals surface area contributed by atoms with E-state index in [4.69, 9.17) is 9.47 Å². The van der Waals surface area contributed by atoms with E-state index in [0.717, 1.165) is 5.56 Å². The van der Waals surface area contributed by atoms with E-state index in [1.165, 1.54) is 9.13 Å². The summed E-state index contributed by atoms with van der Waals surface area (Å²) in [6.45, 7) is 4.35. The SMILES string of the molecule is CCn1c(=O)c2[nH]c(/C=C\c3ccc(OC)c(OC)c3)nc2n(CC)c1=O. The molecule has 0 spiro atoms. The van der Waals surface area contributed by atoms with Crippen LogP contribution in [0.4, 0.5) is 0 Å². The number of aromatic nitrogens is 4. The van der Waals surface area contributed by atoms with Crippen LogP contribution in [0.5, 0.6) is 11.5 Å². The maximum Gasteiger partial charge on any atom is 0.332 e. The van der Waals surface area contributed by atoms with Crippen molar-refractivity contribution in [3.63, 3.8) is 0 Å². The first kappa shape index (κ1) is 18.5. The number of hydrogen-bond donors (Lipinski definition) is 1. The van der Waals surface area contributed by atoms with Gasteiger partial charge in [-0.15, -0.1) is 0 Å². The van der Waals surface area contributed by atoms with Crippen LogP contribution in [0.15, 0.2) is 27.8 Å². The van der Waals surface area contributed by atoms with Gasteiger partial charge >= 0.3 is 5.69 Å². The molecule has 0 fully saturated rings. The van der Waals surface area contributed by atoms with E-state index < -0.39 is 0 Å². The maximum absolute atomic E-state index is 12.5. The molecule has 3 aromatic rings. The number of methoxy groups -OCH3 is 2. The number of nitrogens with one attached hydrogen (secondary N) is 1. The van der Waals surface area contributed by atoms with Crippen molar-refractivity contribution < 1.29 is 9.47 Å². The van der Waals surface area contributed by atoms with E-state index in [0.29, 0.717) is 41.6 Å². The highest BCUT2D eigenvalue weighted by Crippen LogP contribution is 2.28. The number of ether oxygens (including phenoxy) is 2. The van der Waals surface area contributed by atoms with Gasteiger partial charge in [-0.25, -0.2) is 9.78 Å². The van der Waals surface area contributed by atoms with E-state index in [9.17, 15) is 9.59 Å². The molecule has 0 atom stereocenters. The fraction of sp³-hybridized carbons (Fsp3) is 0.316. The molecule has 0 aliphatic rings. The van der Waals surface area contributed by atoms with E-state index >= 15 is 0 Å². The first-order valence-corrected chi connectivity index (χ1v) is 8.67. The Hall–Kier alpha value is -3.29. The van der Waals surface area contributed by atoms with E-state index in [1.54, 1.807) is 27.2 Å². The second kappa shape index (κ2) is 7.53. The largest absolute Gasteiger partial charge is 0.493 e. The third-order valence-corrected chi connectivity index (χ3v) is 4.35. The van der Waals surface area contributed by atoms with E-state index in [-0.39, 0.29) is 11.2 Å².